The van der Waals surface area contributed by atoms with E-state index >= 15 is 0 Å². The largest absolute Gasteiger partial charge is 0.490 e. The van der Waals surface area contributed by atoms with Crippen LogP contribution in [0.25, 0.3) is 10.8 Å². The monoisotopic (exact) mass is 227 g/mol. The minimum Gasteiger partial charge on any atom is -0.490 e. The van der Waals surface area contributed by atoms with Gasteiger partial charge >= 0.3 is 0 Å². The zero-order valence-corrected chi connectivity index (χ0v) is 9.80. The number of nitrogens with two attached hydrogens (primary N) is 1. The van der Waals surface area contributed by atoms with E-state index in [0.717, 1.165) is 25.0 Å². The molecule has 0 aliphatic heterocycles. The fourth-order valence-electron chi connectivity index (χ4n) is 2.56. The van der Waals surface area contributed by atoms with Gasteiger partial charge in [-0.25, -0.2) is 0 Å². The topological polar surface area (TPSA) is 35.2 Å². The lowest BCUT2D eigenvalue weighted by Gasteiger charge is -2.15. The summed E-state index contributed by atoms with van der Waals surface area (Å²) < 4.78 is 6.08. The molecular weight excluding hydrogens is 210 g/mol. The van der Waals surface area contributed by atoms with Gasteiger partial charge in [0.05, 0.1) is 0 Å². The molecule has 0 saturated heterocycles. The second kappa shape index (κ2) is 4.38. The van der Waals surface area contributed by atoms with Crippen LogP contribution in [0.1, 0.15) is 19.3 Å². The number of hydrogen-bond donors (Lipinski definition) is 1. The molecule has 0 radical (unpaired) electrons. The summed E-state index contributed by atoms with van der Waals surface area (Å²) in [4.78, 5) is 0. The van der Waals surface area contributed by atoms with Gasteiger partial charge in [0.1, 0.15) is 11.9 Å². The SMILES string of the molecule is NC1CCC(Oc2cccc3ccccc23)C1. The third-order valence-electron chi connectivity index (χ3n) is 3.47. The van der Waals surface area contributed by atoms with E-state index in [-0.39, 0.29) is 6.10 Å². The minimum atomic E-state index is 0.288. The van der Waals surface area contributed by atoms with Crippen LogP contribution in [0.2, 0.25) is 0 Å². The maximum absolute atomic E-state index is 6.08. The van der Waals surface area contributed by atoms with Gasteiger partial charge in [0.2, 0.25) is 0 Å². The van der Waals surface area contributed by atoms with Crippen molar-refractivity contribution < 1.29 is 4.74 Å². The van der Waals surface area contributed by atoms with Gasteiger partial charge in [0, 0.05) is 11.4 Å². The molecule has 1 fully saturated rings. The van der Waals surface area contributed by atoms with Gasteiger partial charge in [-0.3, -0.25) is 0 Å². The van der Waals surface area contributed by atoms with E-state index in [1.54, 1.807) is 0 Å². The molecule has 3 rings (SSSR count). The van der Waals surface area contributed by atoms with Crippen LogP contribution in [-0.2, 0) is 0 Å². The lowest BCUT2D eigenvalue weighted by molar-refractivity contribution is 0.211. The summed E-state index contributed by atoms with van der Waals surface area (Å²) in [5.74, 6) is 0.988. The molecule has 0 heterocycles. The van der Waals surface area contributed by atoms with Gasteiger partial charge in [0.15, 0.2) is 0 Å². The molecule has 2 N–H and O–H groups in total. The molecule has 0 aromatic heterocycles. The summed E-state index contributed by atoms with van der Waals surface area (Å²) in [6.45, 7) is 0. The highest BCUT2D eigenvalue weighted by Crippen LogP contribution is 2.29. The van der Waals surface area contributed by atoms with E-state index in [2.05, 4.69) is 30.3 Å². The van der Waals surface area contributed by atoms with Gasteiger partial charge < -0.3 is 10.5 Å². The first kappa shape index (κ1) is 10.6. The standard InChI is InChI=1S/C15H17NO/c16-12-8-9-13(10-12)17-15-7-3-5-11-4-1-2-6-14(11)15/h1-7,12-13H,8-10,16H2. The van der Waals surface area contributed by atoms with Crippen molar-refractivity contribution in [2.45, 2.75) is 31.4 Å². The Bertz CT molecular complexity index is 518. The van der Waals surface area contributed by atoms with Crippen molar-refractivity contribution in [3.8, 4) is 5.75 Å². The summed E-state index contributed by atoms with van der Waals surface area (Å²) in [6, 6.07) is 14.9. The van der Waals surface area contributed by atoms with E-state index < -0.39 is 0 Å². The molecule has 2 atom stereocenters. The van der Waals surface area contributed by atoms with E-state index in [0.29, 0.717) is 6.04 Å². The average Bonchev–Trinajstić information content (AvgIpc) is 2.75. The summed E-state index contributed by atoms with van der Waals surface area (Å²) in [5, 5.41) is 2.42. The Hall–Kier alpha value is -1.54. The maximum atomic E-state index is 6.08. The summed E-state index contributed by atoms with van der Waals surface area (Å²) >= 11 is 0. The first-order valence-electron chi connectivity index (χ1n) is 6.23. The van der Waals surface area contributed by atoms with E-state index in [1.165, 1.54) is 10.8 Å². The minimum absolute atomic E-state index is 0.288. The Morgan fingerprint density at radius 1 is 1.00 bits per heavy atom. The molecular formula is C15H17NO. The van der Waals surface area contributed by atoms with Crippen molar-refractivity contribution in [1.29, 1.82) is 0 Å². The summed E-state index contributed by atoms with van der Waals surface area (Å²) in [6.07, 6.45) is 3.42. The highest BCUT2D eigenvalue weighted by atomic mass is 16.5. The summed E-state index contributed by atoms with van der Waals surface area (Å²) in [5.41, 5.74) is 5.91. The zero-order chi connectivity index (χ0) is 11.7. The molecule has 1 aliphatic rings. The third kappa shape index (κ3) is 2.13. The average molecular weight is 227 g/mol. The predicted molar refractivity (Wildman–Crippen MR) is 70.2 cm³/mol. The van der Waals surface area contributed by atoms with Gasteiger partial charge in [-0.2, -0.15) is 0 Å². The number of ether oxygens (including phenoxy) is 1. The molecule has 2 aromatic rings. The highest BCUT2D eigenvalue weighted by Gasteiger charge is 2.23. The number of hydrogen-bond acceptors (Lipinski definition) is 2. The quantitative estimate of drug-likeness (QED) is 0.855. The molecule has 88 valence electrons. The Morgan fingerprint density at radius 2 is 1.82 bits per heavy atom. The number of benzene rings is 2. The second-order valence-electron chi connectivity index (χ2n) is 4.79. The number of fused-ring (bicyclic) bond motifs is 1. The van der Waals surface area contributed by atoms with E-state index in [4.69, 9.17) is 10.5 Å². The molecule has 2 unspecified atom stereocenters. The van der Waals surface area contributed by atoms with Crippen molar-refractivity contribution in [3.63, 3.8) is 0 Å². The smallest absolute Gasteiger partial charge is 0.127 e. The molecule has 2 nitrogen and oxygen atoms in total. The van der Waals surface area contributed by atoms with Gasteiger partial charge in [-0.05, 0) is 30.7 Å². The highest BCUT2D eigenvalue weighted by molar-refractivity contribution is 5.88. The van der Waals surface area contributed by atoms with Crippen LogP contribution in [-0.4, -0.2) is 12.1 Å². The van der Waals surface area contributed by atoms with Crippen LogP contribution in [0.15, 0.2) is 42.5 Å². The van der Waals surface area contributed by atoms with E-state index in [1.807, 2.05) is 12.1 Å². The molecule has 17 heavy (non-hydrogen) atoms. The molecule has 1 aliphatic carbocycles. The van der Waals surface area contributed by atoms with Crippen LogP contribution < -0.4 is 10.5 Å². The van der Waals surface area contributed by atoms with Crippen molar-refractivity contribution >= 4 is 10.8 Å². The second-order valence-corrected chi connectivity index (χ2v) is 4.79. The van der Waals surface area contributed by atoms with Crippen LogP contribution in [0, 0.1) is 0 Å². The fourth-order valence-corrected chi connectivity index (χ4v) is 2.56. The maximum Gasteiger partial charge on any atom is 0.127 e. The van der Waals surface area contributed by atoms with Crippen molar-refractivity contribution in [1.82, 2.24) is 0 Å². The molecule has 2 heteroatoms. The first-order valence-corrected chi connectivity index (χ1v) is 6.23. The summed E-state index contributed by atoms with van der Waals surface area (Å²) in [7, 11) is 0. The van der Waals surface area contributed by atoms with Crippen molar-refractivity contribution in [3.05, 3.63) is 42.5 Å². The normalized spacial score (nSPS) is 24.1. The van der Waals surface area contributed by atoms with Crippen LogP contribution in [0.3, 0.4) is 0 Å². The Morgan fingerprint density at radius 3 is 2.65 bits per heavy atom. The fraction of sp³-hybridized carbons (Fsp3) is 0.333. The van der Waals surface area contributed by atoms with Crippen molar-refractivity contribution in [2.75, 3.05) is 0 Å². The third-order valence-corrected chi connectivity index (χ3v) is 3.47. The van der Waals surface area contributed by atoms with Crippen LogP contribution >= 0.6 is 0 Å². The van der Waals surface area contributed by atoms with Gasteiger partial charge in [-0.1, -0.05) is 36.4 Å². The molecule has 0 bridgehead atoms. The molecule has 2 aromatic carbocycles. The first-order chi connectivity index (χ1) is 8.33. The van der Waals surface area contributed by atoms with Crippen LogP contribution in [0.5, 0.6) is 5.75 Å². The van der Waals surface area contributed by atoms with E-state index in [9.17, 15) is 0 Å². The molecule has 0 spiro atoms. The van der Waals surface area contributed by atoms with Gasteiger partial charge in [-0.15, -0.1) is 0 Å². The van der Waals surface area contributed by atoms with Gasteiger partial charge in [0.25, 0.3) is 0 Å². The Kier molecular flexibility index (Phi) is 2.73. The lowest BCUT2D eigenvalue weighted by atomic mass is 10.1. The molecule has 0 amide bonds. The lowest BCUT2D eigenvalue weighted by Crippen LogP contribution is -2.19. The zero-order valence-electron chi connectivity index (χ0n) is 9.80. The Labute approximate surface area is 101 Å². The Balaban J connectivity index is 1.90. The number of rotatable bonds is 2. The predicted octanol–water partition coefficient (Wildman–Crippen LogP) is 3.10. The van der Waals surface area contributed by atoms with Crippen molar-refractivity contribution in [2.24, 2.45) is 5.73 Å². The van der Waals surface area contributed by atoms with Crippen LogP contribution in [0.4, 0.5) is 0 Å². The molecule has 1 saturated carbocycles.